The van der Waals surface area contributed by atoms with E-state index in [1.165, 1.54) is 4.31 Å². The smallest absolute Gasteiger partial charge is 0.267 e. The van der Waals surface area contributed by atoms with Crippen LogP contribution in [-0.4, -0.2) is 32.7 Å². The van der Waals surface area contributed by atoms with Gasteiger partial charge >= 0.3 is 0 Å². The van der Waals surface area contributed by atoms with Crippen LogP contribution >= 0.6 is 23.2 Å². The Kier molecular flexibility index (Phi) is 5.32. The van der Waals surface area contributed by atoms with Gasteiger partial charge in [0.15, 0.2) is 6.10 Å². The maximum atomic E-state index is 12.6. The van der Waals surface area contributed by atoms with Gasteiger partial charge in [0.05, 0.1) is 33.7 Å². The average molecular weight is 415 g/mol. The quantitative estimate of drug-likeness (QED) is 0.829. The predicted molar refractivity (Wildman–Crippen MR) is 103 cm³/mol. The molecule has 1 amide bonds. The third-order valence-electron chi connectivity index (χ3n) is 3.94. The summed E-state index contributed by atoms with van der Waals surface area (Å²) in [6.45, 7) is 1.42. The van der Waals surface area contributed by atoms with Crippen LogP contribution in [0.3, 0.4) is 0 Å². The summed E-state index contributed by atoms with van der Waals surface area (Å²) in [6, 6.07) is 11.5. The third-order valence-corrected chi connectivity index (χ3v) is 6.50. The highest BCUT2D eigenvalue weighted by atomic mass is 35.5. The van der Waals surface area contributed by atoms with Crippen molar-refractivity contribution in [1.29, 1.82) is 0 Å². The van der Waals surface area contributed by atoms with Crippen LogP contribution in [0.15, 0.2) is 42.5 Å². The van der Waals surface area contributed by atoms with E-state index in [4.69, 9.17) is 27.9 Å². The molecule has 6 nitrogen and oxygen atoms in total. The standard InChI is InChI=1S/C17H16Cl2N2O4S/c1-2-26(23,24)21-10-15(25-14-9-4-3-8-13(14)21)17(22)20-12-7-5-6-11(18)16(12)19/h3-9,15H,2,10H2,1H3,(H,20,22)/t15-/m1/s1. The van der Waals surface area contributed by atoms with Gasteiger partial charge in [-0.3, -0.25) is 9.10 Å². The van der Waals surface area contributed by atoms with Crippen LogP contribution < -0.4 is 14.4 Å². The lowest BCUT2D eigenvalue weighted by Crippen LogP contribution is -2.49. The first-order chi connectivity index (χ1) is 12.3. The Morgan fingerprint density at radius 2 is 1.96 bits per heavy atom. The molecule has 0 unspecified atom stereocenters. The van der Waals surface area contributed by atoms with Gasteiger partial charge in [0, 0.05) is 0 Å². The van der Waals surface area contributed by atoms with E-state index < -0.39 is 22.0 Å². The summed E-state index contributed by atoms with van der Waals surface area (Å²) in [6.07, 6.45) is -1.03. The van der Waals surface area contributed by atoms with Gasteiger partial charge in [0.1, 0.15) is 5.75 Å². The highest BCUT2D eigenvalue weighted by Crippen LogP contribution is 2.36. The van der Waals surface area contributed by atoms with Crippen molar-refractivity contribution in [3.8, 4) is 5.75 Å². The molecule has 1 aliphatic rings. The molecular formula is C17H16Cl2N2O4S. The number of rotatable bonds is 4. The van der Waals surface area contributed by atoms with Crippen molar-refractivity contribution in [2.75, 3.05) is 21.9 Å². The van der Waals surface area contributed by atoms with Crippen LogP contribution in [0.5, 0.6) is 5.75 Å². The van der Waals surface area contributed by atoms with Gasteiger partial charge in [-0.15, -0.1) is 0 Å². The number of para-hydroxylation sites is 2. The molecule has 1 N–H and O–H groups in total. The Morgan fingerprint density at radius 3 is 2.69 bits per heavy atom. The lowest BCUT2D eigenvalue weighted by molar-refractivity contribution is -0.122. The molecule has 0 saturated carbocycles. The Bertz CT molecular complexity index is 950. The fourth-order valence-electron chi connectivity index (χ4n) is 2.57. The van der Waals surface area contributed by atoms with Crippen molar-refractivity contribution in [3.63, 3.8) is 0 Å². The second kappa shape index (κ2) is 7.34. The number of carbonyl (C=O) groups excluding carboxylic acids is 1. The molecule has 1 atom stereocenters. The minimum absolute atomic E-state index is 0.0875. The molecule has 0 spiro atoms. The summed E-state index contributed by atoms with van der Waals surface area (Å²) in [5, 5.41) is 3.15. The van der Waals surface area contributed by atoms with E-state index in [2.05, 4.69) is 5.32 Å². The highest BCUT2D eigenvalue weighted by Gasteiger charge is 2.36. The second-order valence-corrected chi connectivity index (χ2v) is 8.56. The molecule has 3 rings (SSSR count). The van der Waals surface area contributed by atoms with Crippen LogP contribution in [0, 0.1) is 0 Å². The summed E-state index contributed by atoms with van der Waals surface area (Å²) in [5.74, 6) is -0.274. The van der Waals surface area contributed by atoms with Crippen LogP contribution in [0.4, 0.5) is 11.4 Å². The Balaban J connectivity index is 1.90. The van der Waals surface area contributed by atoms with E-state index in [-0.39, 0.29) is 17.3 Å². The molecule has 1 heterocycles. The fraction of sp³-hybridized carbons (Fsp3) is 0.235. The van der Waals surface area contributed by atoms with E-state index >= 15 is 0 Å². The lowest BCUT2D eigenvalue weighted by atomic mass is 10.2. The molecule has 9 heteroatoms. The SMILES string of the molecule is CCS(=O)(=O)N1C[C@H](C(=O)Nc2cccc(Cl)c2Cl)Oc2ccccc21. The molecule has 1 aliphatic heterocycles. The zero-order valence-corrected chi connectivity index (χ0v) is 16.1. The summed E-state index contributed by atoms with van der Waals surface area (Å²) in [7, 11) is -3.56. The Labute approximate surface area is 161 Å². The Hall–Kier alpha value is -1.96. The molecule has 2 aromatic rings. The summed E-state index contributed by atoms with van der Waals surface area (Å²) in [4.78, 5) is 12.6. The van der Waals surface area contributed by atoms with E-state index in [1.54, 1.807) is 49.4 Å². The molecule has 0 bridgehead atoms. The van der Waals surface area contributed by atoms with Gasteiger partial charge in [-0.25, -0.2) is 8.42 Å². The van der Waals surface area contributed by atoms with Crippen molar-refractivity contribution in [2.45, 2.75) is 13.0 Å². The van der Waals surface area contributed by atoms with E-state index in [0.29, 0.717) is 22.1 Å². The number of sulfonamides is 1. The number of hydrogen-bond acceptors (Lipinski definition) is 4. The number of carbonyl (C=O) groups is 1. The van der Waals surface area contributed by atoms with E-state index in [0.717, 1.165) is 0 Å². The van der Waals surface area contributed by atoms with Crippen LogP contribution in [0.25, 0.3) is 0 Å². The zero-order chi connectivity index (χ0) is 18.9. The van der Waals surface area contributed by atoms with Gasteiger partial charge in [0.25, 0.3) is 5.91 Å². The number of nitrogens with zero attached hydrogens (tertiary/aromatic N) is 1. The fourth-order valence-corrected chi connectivity index (χ4v) is 4.04. The average Bonchev–Trinajstić information content (AvgIpc) is 2.64. The molecule has 0 aromatic heterocycles. The first-order valence-electron chi connectivity index (χ1n) is 7.84. The van der Waals surface area contributed by atoms with E-state index in [9.17, 15) is 13.2 Å². The maximum Gasteiger partial charge on any atom is 0.267 e. The van der Waals surface area contributed by atoms with Crippen LogP contribution in [0.1, 0.15) is 6.92 Å². The molecule has 0 fully saturated rings. The Morgan fingerprint density at radius 1 is 1.23 bits per heavy atom. The van der Waals surface area contributed by atoms with Crippen molar-refractivity contribution in [1.82, 2.24) is 0 Å². The topological polar surface area (TPSA) is 75.7 Å². The predicted octanol–water partition coefficient (Wildman–Crippen LogP) is 3.55. The zero-order valence-electron chi connectivity index (χ0n) is 13.8. The van der Waals surface area contributed by atoms with Gasteiger partial charge in [-0.2, -0.15) is 0 Å². The van der Waals surface area contributed by atoms with Gasteiger partial charge in [-0.05, 0) is 31.2 Å². The molecule has 2 aromatic carbocycles. The summed E-state index contributed by atoms with van der Waals surface area (Å²) >= 11 is 12.0. The number of amides is 1. The monoisotopic (exact) mass is 414 g/mol. The van der Waals surface area contributed by atoms with Gasteiger partial charge in [-0.1, -0.05) is 41.4 Å². The molecule has 0 saturated heterocycles. The molecule has 0 radical (unpaired) electrons. The third kappa shape index (κ3) is 3.60. The number of hydrogen-bond donors (Lipinski definition) is 1. The molecule has 0 aliphatic carbocycles. The van der Waals surface area contributed by atoms with Crippen molar-refractivity contribution in [3.05, 3.63) is 52.5 Å². The minimum atomic E-state index is -3.56. The molecule has 26 heavy (non-hydrogen) atoms. The van der Waals surface area contributed by atoms with Crippen LogP contribution in [0.2, 0.25) is 10.0 Å². The summed E-state index contributed by atoms with van der Waals surface area (Å²) < 4.78 is 31.8. The number of halogens is 2. The number of ether oxygens (including phenoxy) is 1. The lowest BCUT2D eigenvalue weighted by Gasteiger charge is -2.34. The number of anilines is 2. The number of benzene rings is 2. The first-order valence-corrected chi connectivity index (χ1v) is 10.2. The second-order valence-electron chi connectivity index (χ2n) is 5.60. The van der Waals surface area contributed by atoms with E-state index in [1.807, 2.05) is 0 Å². The molecule has 138 valence electrons. The molecular weight excluding hydrogens is 399 g/mol. The van der Waals surface area contributed by atoms with Crippen molar-refractivity contribution < 1.29 is 17.9 Å². The normalized spacial score (nSPS) is 16.6. The highest BCUT2D eigenvalue weighted by molar-refractivity contribution is 7.92. The largest absolute Gasteiger partial charge is 0.476 e. The van der Waals surface area contributed by atoms with Crippen LogP contribution in [-0.2, 0) is 14.8 Å². The van der Waals surface area contributed by atoms with Crippen molar-refractivity contribution >= 4 is 50.5 Å². The number of fused-ring (bicyclic) bond motifs is 1. The van der Waals surface area contributed by atoms with Gasteiger partial charge < -0.3 is 10.1 Å². The number of nitrogens with one attached hydrogen (secondary N) is 1. The van der Waals surface area contributed by atoms with Gasteiger partial charge in [0.2, 0.25) is 10.0 Å². The minimum Gasteiger partial charge on any atom is -0.476 e. The first kappa shape index (κ1) is 18.8. The van der Waals surface area contributed by atoms with Crippen molar-refractivity contribution in [2.24, 2.45) is 0 Å². The summed E-state index contributed by atoms with van der Waals surface area (Å²) in [5.41, 5.74) is 0.746. The maximum absolute atomic E-state index is 12.6.